The van der Waals surface area contributed by atoms with Gasteiger partial charge in [0.15, 0.2) is 0 Å². The first-order valence-electron chi connectivity index (χ1n) is 7.08. The van der Waals surface area contributed by atoms with Gasteiger partial charge in [0.25, 0.3) is 0 Å². The average molecular weight is 327 g/mol. The summed E-state index contributed by atoms with van der Waals surface area (Å²) < 4.78 is 10.4. The molecule has 6 nitrogen and oxygen atoms in total. The predicted octanol–water partition coefficient (Wildman–Crippen LogP) is 3.05. The lowest BCUT2D eigenvalue weighted by molar-refractivity contribution is -0.111. The Morgan fingerprint density at radius 3 is 2.54 bits per heavy atom. The normalized spacial score (nSPS) is 10.4. The molecule has 0 unspecified atom stereocenters. The molecule has 0 radical (unpaired) electrons. The van der Waals surface area contributed by atoms with E-state index in [-0.39, 0.29) is 11.5 Å². The number of nitrogens with one attached hydrogen (secondary N) is 1. The van der Waals surface area contributed by atoms with Gasteiger partial charge in [-0.05, 0) is 36.4 Å². The number of rotatable bonds is 6. The second-order valence-corrected chi connectivity index (χ2v) is 4.82. The van der Waals surface area contributed by atoms with Gasteiger partial charge in [0.2, 0.25) is 5.91 Å². The Morgan fingerprint density at radius 1 is 1.08 bits per heavy atom. The lowest BCUT2D eigenvalue weighted by Crippen LogP contribution is -2.08. The van der Waals surface area contributed by atoms with Gasteiger partial charge in [-0.25, -0.2) is 4.79 Å². The molecule has 2 aromatic carbocycles. The molecule has 0 fully saturated rings. The third-order valence-electron chi connectivity index (χ3n) is 3.23. The van der Waals surface area contributed by atoms with Crippen LogP contribution in [0.25, 0.3) is 6.08 Å². The van der Waals surface area contributed by atoms with Gasteiger partial charge in [0, 0.05) is 23.4 Å². The maximum absolute atomic E-state index is 12.0. The van der Waals surface area contributed by atoms with Crippen molar-refractivity contribution in [1.29, 1.82) is 0 Å². The van der Waals surface area contributed by atoms with Crippen LogP contribution in [0.5, 0.6) is 11.5 Å². The van der Waals surface area contributed by atoms with Crippen molar-refractivity contribution in [2.24, 2.45) is 0 Å². The molecule has 0 saturated heterocycles. The number of benzene rings is 2. The lowest BCUT2D eigenvalue weighted by Gasteiger charge is -2.07. The fourth-order valence-corrected chi connectivity index (χ4v) is 2.04. The molecule has 0 aliphatic heterocycles. The zero-order valence-corrected chi connectivity index (χ0v) is 13.3. The van der Waals surface area contributed by atoms with Crippen molar-refractivity contribution in [1.82, 2.24) is 0 Å². The highest BCUT2D eigenvalue weighted by atomic mass is 16.5. The molecule has 0 atom stereocenters. The molecular formula is C18H17NO5. The van der Waals surface area contributed by atoms with Crippen molar-refractivity contribution in [3.05, 3.63) is 59.7 Å². The topological polar surface area (TPSA) is 84.9 Å². The summed E-state index contributed by atoms with van der Waals surface area (Å²) in [5.41, 5.74) is 1.23. The summed E-state index contributed by atoms with van der Waals surface area (Å²) in [5, 5.41) is 11.6. The summed E-state index contributed by atoms with van der Waals surface area (Å²) >= 11 is 0. The average Bonchev–Trinajstić information content (AvgIpc) is 2.60. The molecular weight excluding hydrogens is 310 g/mol. The molecule has 0 aromatic heterocycles. The van der Waals surface area contributed by atoms with Crippen LogP contribution in [-0.2, 0) is 4.79 Å². The Bertz CT molecular complexity index is 783. The molecule has 1 amide bonds. The minimum absolute atomic E-state index is 0.105. The van der Waals surface area contributed by atoms with Crippen LogP contribution in [-0.4, -0.2) is 31.2 Å². The molecule has 2 rings (SSSR count). The first-order chi connectivity index (χ1) is 11.5. The fraction of sp³-hybridized carbons (Fsp3) is 0.111. The van der Waals surface area contributed by atoms with Gasteiger partial charge in [-0.1, -0.05) is 6.07 Å². The molecule has 0 aliphatic carbocycles. The Morgan fingerprint density at radius 2 is 1.88 bits per heavy atom. The number of carbonyl (C=O) groups excluding carboxylic acids is 1. The molecule has 0 heterocycles. The van der Waals surface area contributed by atoms with E-state index in [0.29, 0.717) is 22.7 Å². The van der Waals surface area contributed by atoms with E-state index in [2.05, 4.69) is 5.32 Å². The smallest absolute Gasteiger partial charge is 0.335 e. The second kappa shape index (κ2) is 7.82. The monoisotopic (exact) mass is 327 g/mol. The number of ether oxygens (including phenoxy) is 2. The lowest BCUT2D eigenvalue weighted by atomic mass is 10.1. The minimum atomic E-state index is -1.05. The zero-order chi connectivity index (χ0) is 17.5. The Kier molecular flexibility index (Phi) is 5.57. The van der Waals surface area contributed by atoms with Gasteiger partial charge in [0.1, 0.15) is 11.5 Å². The van der Waals surface area contributed by atoms with Gasteiger partial charge in [0.05, 0.1) is 19.8 Å². The number of methoxy groups -OCH3 is 2. The summed E-state index contributed by atoms with van der Waals surface area (Å²) in [6, 6.07) is 11.3. The molecule has 0 saturated carbocycles. The number of carboxylic acid groups (broad SMARTS) is 1. The minimum Gasteiger partial charge on any atom is -0.497 e. The van der Waals surface area contributed by atoms with E-state index in [1.165, 1.54) is 25.3 Å². The summed E-state index contributed by atoms with van der Waals surface area (Å²) in [5.74, 6) is -0.203. The summed E-state index contributed by atoms with van der Waals surface area (Å²) in [4.78, 5) is 22.9. The summed E-state index contributed by atoms with van der Waals surface area (Å²) in [6.07, 6.45) is 2.95. The van der Waals surface area contributed by atoms with Crippen LogP contribution in [0.3, 0.4) is 0 Å². The van der Waals surface area contributed by atoms with Crippen molar-refractivity contribution in [2.75, 3.05) is 19.5 Å². The van der Waals surface area contributed by atoms with E-state index < -0.39 is 5.97 Å². The maximum Gasteiger partial charge on any atom is 0.335 e. The van der Waals surface area contributed by atoms with Crippen LogP contribution in [0.2, 0.25) is 0 Å². The van der Waals surface area contributed by atoms with Gasteiger partial charge in [-0.3, -0.25) is 4.79 Å². The molecule has 2 N–H and O–H groups in total. The van der Waals surface area contributed by atoms with Crippen molar-refractivity contribution in [3.63, 3.8) is 0 Å². The van der Waals surface area contributed by atoms with E-state index in [1.807, 2.05) is 0 Å². The van der Waals surface area contributed by atoms with Gasteiger partial charge < -0.3 is 19.9 Å². The van der Waals surface area contributed by atoms with Crippen LogP contribution >= 0.6 is 0 Å². The second-order valence-electron chi connectivity index (χ2n) is 4.82. The molecule has 124 valence electrons. The van der Waals surface area contributed by atoms with E-state index in [0.717, 1.165) is 0 Å². The maximum atomic E-state index is 12.0. The van der Waals surface area contributed by atoms with Crippen LogP contribution in [0, 0.1) is 0 Å². The molecule has 0 spiro atoms. The number of carbonyl (C=O) groups is 2. The van der Waals surface area contributed by atoms with Crippen LogP contribution in [0.15, 0.2) is 48.5 Å². The number of hydrogen-bond acceptors (Lipinski definition) is 4. The quantitative estimate of drug-likeness (QED) is 0.797. The molecule has 24 heavy (non-hydrogen) atoms. The first kappa shape index (κ1) is 17.1. The third-order valence-corrected chi connectivity index (χ3v) is 3.23. The van der Waals surface area contributed by atoms with Crippen molar-refractivity contribution in [3.8, 4) is 11.5 Å². The fourth-order valence-electron chi connectivity index (χ4n) is 2.04. The summed E-state index contributed by atoms with van der Waals surface area (Å²) in [7, 11) is 3.09. The van der Waals surface area contributed by atoms with Crippen molar-refractivity contribution in [2.45, 2.75) is 0 Å². The van der Waals surface area contributed by atoms with E-state index >= 15 is 0 Å². The highest BCUT2D eigenvalue weighted by Gasteiger charge is 2.06. The molecule has 2 aromatic rings. The predicted molar refractivity (Wildman–Crippen MR) is 90.6 cm³/mol. The third kappa shape index (κ3) is 4.36. The molecule has 6 heteroatoms. The zero-order valence-electron chi connectivity index (χ0n) is 13.3. The number of carboxylic acids is 1. The standard InChI is InChI=1S/C18H17NO5/c1-23-15-8-6-12(16(11-15)24-2)7-9-17(20)19-14-5-3-4-13(10-14)18(21)22/h3-11H,1-2H3,(H,19,20)(H,21,22)/b9-7+. The van der Waals surface area contributed by atoms with Gasteiger partial charge in [-0.2, -0.15) is 0 Å². The molecule has 0 aliphatic rings. The highest BCUT2D eigenvalue weighted by Crippen LogP contribution is 2.25. The van der Waals surface area contributed by atoms with Crippen LogP contribution in [0.1, 0.15) is 15.9 Å². The largest absolute Gasteiger partial charge is 0.497 e. The van der Waals surface area contributed by atoms with Crippen molar-refractivity contribution < 1.29 is 24.2 Å². The number of amides is 1. The Balaban J connectivity index is 2.11. The van der Waals surface area contributed by atoms with Gasteiger partial charge in [-0.15, -0.1) is 0 Å². The SMILES string of the molecule is COc1ccc(/C=C/C(=O)Nc2cccc(C(=O)O)c2)c(OC)c1. The van der Waals surface area contributed by atoms with Gasteiger partial charge >= 0.3 is 5.97 Å². The van der Waals surface area contributed by atoms with Crippen molar-refractivity contribution >= 4 is 23.6 Å². The number of hydrogen-bond donors (Lipinski definition) is 2. The summed E-state index contributed by atoms with van der Waals surface area (Å²) in [6.45, 7) is 0. The Labute approximate surface area is 139 Å². The number of aromatic carboxylic acids is 1. The number of anilines is 1. The van der Waals surface area contributed by atoms with Crippen LogP contribution in [0.4, 0.5) is 5.69 Å². The first-order valence-corrected chi connectivity index (χ1v) is 7.08. The van der Waals surface area contributed by atoms with E-state index in [9.17, 15) is 9.59 Å². The highest BCUT2D eigenvalue weighted by molar-refractivity contribution is 6.02. The van der Waals surface area contributed by atoms with E-state index in [4.69, 9.17) is 14.6 Å². The van der Waals surface area contributed by atoms with E-state index in [1.54, 1.807) is 43.5 Å². The molecule has 0 bridgehead atoms. The Hall–Kier alpha value is -3.28. The van der Waals surface area contributed by atoms with Crippen LogP contribution < -0.4 is 14.8 Å².